The van der Waals surface area contributed by atoms with E-state index in [2.05, 4.69) is 255 Å². The van der Waals surface area contributed by atoms with Gasteiger partial charge in [-0.15, -0.1) is 13.2 Å². The monoisotopic (exact) mass is 1210 g/mol. The standard InChI is InChI=1S/C25H32.2C22H28.C21H24.CH4/c1-3-5-7-21-10-14-23(15-11-21)25-18-16-24(17-19-25)22-12-8-20(6-4-2)9-13-22;2*1-3-4-18-7-11-20(12-8-18)22-15-13-21(14-16-22)19-9-5-17(2)6-10-19;1-3-17-6-10-19(11-7-17)21-14-12-20(13-15-21)18-8-4-16(2)5-9-18;/h3,10-11,14-20,22H,1,4-9,12-13H2,2H3;2*5-6,9-10,13-16,18,20H,3-4,7-8,11-12H2,1-2H3;3-5,8-9,12-15,17,19H,1,6-7,10-11H2,2H3;1H4. The van der Waals surface area contributed by atoms with Crippen molar-refractivity contribution in [1.82, 2.24) is 0 Å². The lowest BCUT2D eigenvalue weighted by Crippen LogP contribution is -2.13. The van der Waals surface area contributed by atoms with Crippen LogP contribution in [0.3, 0.4) is 0 Å². The normalized spacial score (nSPS) is 21.2. The first-order valence-corrected chi connectivity index (χ1v) is 36.0. The Morgan fingerprint density at radius 3 is 0.736 bits per heavy atom. The minimum atomic E-state index is 0. The van der Waals surface area contributed by atoms with Gasteiger partial charge in [-0.1, -0.05) is 290 Å². The zero-order valence-electron chi connectivity index (χ0n) is 56.6. The minimum absolute atomic E-state index is 0. The van der Waals surface area contributed by atoms with Crippen molar-refractivity contribution in [2.75, 3.05) is 0 Å². The zero-order chi connectivity index (χ0) is 62.9. The third-order valence-electron chi connectivity index (χ3n) is 21.3. The number of hydrogen-bond donors (Lipinski definition) is 0. The maximum atomic E-state index is 3.93. The van der Waals surface area contributed by atoms with Gasteiger partial charge in [0.1, 0.15) is 0 Å². The van der Waals surface area contributed by atoms with Crippen LogP contribution in [0, 0.1) is 44.4 Å². The van der Waals surface area contributed by atoms with Crippen molar-refractivity contribution in [3.63, 3.8) is 0 Å². The van der Waals surface area contributed by atoms with Crippen molar-refractivity contribution in [2.45, 2.75) is 227 Å². The smallest absolute Gasteiger partial charge is 0.0162 e. The van der Waals surface area contributed by atoms with Gasteiger partial charge >= 0.3 is 0 Å². The lowest BCUT2D eigenvalue weighted by Gasteiger charge is -2.28. The van der Waals surface area contributed by atoms with Gasteiger partial charge in [-0.3, -0.25) is 0 Å². The molecule has 480 valence electrons. The molecule has 12 rings (SSSR count). The van der Waals surface area contributed by atoms with Crippen molar-refractivity contribution >= 4 is 0 Å². The van der Waals surface area contributed by atoms with E-state index in [1.54, 1.807) is 16.7 Å². The highest BCUT2D eigenvalue weighted by molar-refractivity contribution is 5.67. The summed E-state index contributed by atoms with van der Waals surface area (Å²) in [6, 6.07) is 72.7. The fourth-order valence-electron chi connectivity index (χ4n) is 15.4. The maximum absolute atomic E-state index is 3.93. The molecule has 0 saturated heterocycles. The van der Waals surface area contributed by atoms with Gasteiger partial charge in [0.15, 0.2) is 0 Å². The molecule has 0 atom stereocenters. The third-order valence-corrected chi connectivity index (χ3v) is 21.3. The third kappa shape index (κ3) is 21.4. The Balaban J connectivity index is 0.000000156. The van der Waals surface area contributed by atoms with Crippen LogP contribution in [0.4, 0.5) is 0 Å². The molecule has 4 aliphatic rings. The van der Waals surface area contributed by atoms with Crippen LogP contribution < -0.4 is 0 Å². The van der Waals surface area contributed by atoms with Gasteiger partial charge in [0.2, 0.25) is 0 Å². The quantitative estimate of drug-likeness (QED) is 0.0751. The van der Waals surface area contributed by atoms with Crippen LogP contribution in [-0.4, -0.2) is 0 Å². The largest absolute Gasteiger partial charge is 0.103 e. The Bertz CT molecular complexity index is 3160. The van der Waals surface area contributed by atoms with E-state index in [4.69, 9.17) is 0 Å². The highest BCUT2D eigenvalue weighted by atomic mass is 14.3. The van der Waals surface area contributed by atoms with Crippen molar-refractivity contribution in [1.29, 1.82) is 0 Å². The van der Waals surface area contributed by atoms with Gasteiger partial charge in [0.25, 0.3) is 0 Å². The minimum Gasteiger partial charge on any atom is -0.103 e. The summed E-state index contributed by atoms with van der Waals surface area (Å²) < 4.78 is 0. The highest BCUT2D eigenvalue weighted by Crippen LogP contribution is 2.42. The summed E-state index contributed by atoms with van der Waals surface area (Å²) in [5, 5.41) is 0. The topological polar surface area (TPSA) is 0 Å². The molecule has 8 aromatic rings. The summed E-state index contributed by atoms with van der Waals surface area (Å²) in [5.74, 6) is 6.83. The van der Waals surface area contributed by atoms with Crippen LogP contribution in [0.15, 0.2) is 219 Å². The van der Waals surface area contributed by atoms with E-state index in [-0.39, 0.29) is 7.43 Å². The summed E-state index contributed by atoms with van der Waals surface area (Å²) in [6.07, 6.45) is 36.6. The molecule has 0 bridgehead atoms. The van der Waals surface area contributed by atoms with E-state index in [9.17, 15) is 0 Å². The van der Waals surface area contributed by atoms with Gasteiger partial charge in [0.05, 0.1) is 0 Å². The zero-order valence-corrected chi connectivity index (χ0v) is 56.6. The van der Waals surface area contributed by atoms with Gasteiger partial charge in [-0.05, 0) is 256 Å². The first-order chi connectivity index (χ1) is 44.1. The lowest BCUT2D eigenvalue weighted by atomic mass is 9.77. The van der Waals surface area contributed by atoms with Gasteiger partial charge in [-0.25, -0.2) is 0 Å². The molecule has 4 fully saturated rings. The second kappa shape index (κ2) is 37.1. The number of allylic oxidation sites excluding steroid dienone is 2. The summed E-state index contributed by atoms with van der Waals surface area (Å²) >= 11 is 0. The molecule has 0 N–H and O–H groups in total. The first-order valence-electron chi connectivity index (χ1n) is 36.0. The Morgan fingerprint density at radius 2 is 0.516 bits per heavy atom. The SMILES string of the molecule is C.C=CC1CCC(c2ccc(-c3ccc(C)cc3)cc2)CC1.C=CCCc1ccc(-c2ccc(C3CCC(CCC)CC3)cc2)cc1.CCCC1CCC(c2ccc(-c3ccc(C)cc3)cc2)CC1.CCCC1CCC(c2ccc(-c3ccc(C)cc3)cc2)CC1. The first kappa shape index (κ1) is 70.1. The lowest BCUT2D eigenvalue weighted by molar-refractivity contribution is 0.308. The van der Waals surface area contributed by atoms with E-state index in [1.807, 2.05) is 6.08 Å². The summed E-state index contributed by atoms with van der Waals surface area (Å²) in [6.45, 7) is 21.1. The van der Waals surface area contributed by atoms with Gasteiger partial charge in [0, 0.05) is 0 Å². The number of benzene rings is 8. The van der Waals surface area contributed by atoms with Gasteiger partial charge in [-0.2, -0.15) is 0 Å². The molecular weight excluding hydrogens is 1090 g/mol. The number of hydrogen-bond acceptors (Lipinski definition) is 0. The molecule has 0 heteroatoms. The number of aryl methyl sites for hydroxylation is 4. The molecule has 0 spiro atoms. The van der Waals surface area contributed by atoms with Crippen molar-refractivity contribution in [2.24, 2.45) is 23.7 Å². The Morgan fingerprint density at radius 1 is 0.297 bits per heavy atom. The van der Waals surface area contributed by atoms with Crippen molar-refractivity contribution in [3.05, 3.63) is 264 Å². The maximum Gasteiger partial charge on any atom is -0.0162 e. The predicted molar refractivity (Wildman–Crippen MR) is 401 cm³/mol. The molecule has 0 aliphatic heterocycles. The Labute approximate surface area is 555 Å². The molecule has 0 heterocycles. The molecule has 0 radical (unpaired) electrons. The van der Waals surface area contributed by atoms with Crippen LogP contribution in [0.25, 0.3) is 44.5 Å². The second-order valence-corrected chi connectivity index (χ2v) is 28.0. The Hall–Kier alpha value is -6.76. The van der Waals surface area contributed by atoms with Crippen molar-refractivity contribution in [3.8, 4) is 44.5 Å². The van der Waals surface area contributed by atoms with Gasteiger partial charge < -0.3 is 0 Å². The van der Waals surface area contributed by atoms with Crippen molar-refractivity contribution < 1.29 is 0 Å². The molecular formula is C91H116. The summed E-state index contributed by atoms with van der Waals surface area (Å²) in [4.78, 5) is 0. The molecule has 0 amide bonds. The molecule has 4 saturated carbocycles. The molecule has 0 aromatic heterocycles. The predicted octanol–water partition coefficient (Wildman–Crippen LogP) is 27.8. The van der Waals surface area contributed by atoms with E-state index in [0.29, 0.717) is 0 Å². The summed E-state index contributed by atoms with van der Waals surface area (Å²) in [5.41, 5.74) is 22.1. The summed E-state index contributed by atoms with van der Waals surface area (Å²) in [7, 11) is 0. The second-order valence-electron chi connectivity index (χ2n) is 28.0. The fraction of sp³-hybridized carbons (Fsp3) is 0.429. The molecule has 8 aromatic carbocycles. The molecule has 0 unspecified atom stereocenters. The molecule has 4 aliphatic carbocycles. The van der Waals surface area contributed by atoms with E-state index in [0.717, 1.165) is 60.2 Å². The van der Waals surface area contributed by atoms with E-state index >= 15 is 0 Å². The van der Waals surface area contributed by atoms with Crippen LogP contribution in [0.2, 0.25) is 0 Å². The van der Waals surface area contributed by atoms with E-state index in [1.165, 1.54) is 214 Å². The fourth-order valence-corrected chi connectivity index (χ4v) is 15.4. The van der Waals surface area contributed by atoms with Crippen LogP contribution >= 0.6 is 0 Å². The van der Waals surface area contributed by atoms with Crippen LogP contribution in [0.5, 0.6) is 0 Å². The average Bonchev–Trinajstić information content (AvgIpc) is 2.02. The Kier molecular flexibility index (Phi) is 28.6. The highest BCUT2D eigenvalue weighted by Gasteiger charge is 2.25. The molecule has 0 nitrogen and oxygen atoms in total. The number of rotatable bonds is 18. The molecule has 91 heavy (non-hydrogen) atoms. The van der Waals surface area contributed by atoms with Crippen LogP contribution in [-0.2, 0) is 6.42 Å². The van der Waals surface area contributed by atoms with E-state index < -0.39 is 0 Å². The average molecular weight is 1210 g/mol. The van der Waals surface area contributed by atoms with Crippen LogP contribution in [0.1, 0.15) is 244 Å².